The number of alkyl halides is 3. The monoisotopic (exact) mass is 406 g/mol. The maximum absolute atomic E-state index is 13.1. The molecule has 2 aromatic carbocycles. The van der Waals surface area contributed by atoms with Crippen molar-refractivity contribution in [3.8, 4) is 0 Å². The molecule has 1 aromatic heterocycles. The molecule has 0 saturated carbocycles. The Labute approximate surface area is 163 Å². The molecule has 144 valence electrons. The van der Waals surface area contributed by atoms with Crippen molar-refractivity contribution in [2.45, 2.75) is 12.7 Å². The van der Waals surface area contributed by atoms with Crippen LogP contribution in [0.4, 0.5) is 18.9 Å². The van der Waals surface area contributed by atoms with Gasteiger partial charge in [-0.1, -0.05) is 41.9 Å². The Morgan fingerprint density at radius 1 is 1.00 bits per heavy atom. The maximum atomic E-state index is 13.1. The van der Waals surface area contributed by atoms with Gasteiger partial charge in [0.25, 0.3) is 11.5 Å². The lowest BCUT2D eigenvalue weighted by Crippen LogP contribution is -2.29. The molecule has 0 aliphatic rings. The Bertz CT molecular complexity index is 1080. The van der Waals surface area contributed by atoms with Gasteiger partial charge in [-0.25, -0.2) is 0 Å². The van der Waals surface area contributed by atoms with Crippen LogP contribution in [0.15, 0.2) is 71.7 Å². The highest BCUT2D eigenvalue weighted by Crippen LogP contribution is 2.34. The molecule has 1 heterocycles. The average Bonchev–Trinajstić information content (AvgIpc) is 2.64. The molecule has 1 N–H and O–H groups in total. The number of benzene rings is 2. The van der Waals surface area contributed by atoms with E-state index in [0.717, 1.165) is 12.1 Å². The van der Waals surface area contributed by atoms with Crippen LogP contribution in [0.25, 0.3) is 0 Å². The average molecular weight is 407 g/mol. The molecule has 0 saturated heterocycles. The molecule has 3 aromatic rings. The normalized spacial score (nSPS) is 11.3. The zero-order valence-electron chi connectivity index (χ0n) is 14.3. The summed E-state index contributed by atoms with van der Waals surface area (Å²) in [6.45, 7) is 0.124. The Morgan fingerprint density at radius 2 is 1.68 bits per heavy atom. The van der Waals surface area contributed by atoms with Crippen LogP contribution in [0, 0.1) is 0 Å². The van der Waals surface area contributed by atoms with Crippen molar-refractivity contribution in [2.24, 2.45) is 0 Å². The SMILES string of the molecule is O=C(Nc1ccccc1C(F)(F)F)c1cccn(Cc2ccccc2Cl)c1=O. The van der Waals surface area contributed by atoms with Gasteiger partial charge in [0.2, 0.25) is 0 Å². The summed E-state index contributed by atoms with van der Waals surface area (Å²) in [4.78, 5) is 25.1. The number of carbonyl (C=O) groups excluding carboxylic acids is 1. The number of para-hydroxylation sites is 1. The van der Waals surface area contributed by atoms with Gasteiger partial charge in [-0.15, -0.1) is 0 Å². The topological polar surface area (TPSA) is 51.1 Å². The van der Waals surface area contributed by atoms with Crippen LogP contribution in [0.1, 0.15) is 21.5 Å². The third kappa shape index (κ3) is 4.26. The van der Waals surface area contributed by atoms with E-state index < -0.39 is 28.9 Å². The quantitative estimate of drug-likeness (QED) is 0.675. The van der Waals surface area contributed by atoms with Gasteiger partial charge < -0.3 is 9.88 Å². The molecule has 0 aliphatic heterocycles. The van der Waals surface area contributed by atoms with Crippen LogP contribution in [0.2, 0.25) is 5.02 Å². The Morgan fingerprint density at radius 3 is 2.39 bits per heavy atom. The second-order valence-electron chi connectivity index (χ2n) is 5.94. The van der Waals surface area contributed by atoms with E-state index in [2.05, 4.69) is 5.32 Å². The Hall–Kier alpha value is -3.06. The van der Waals surface area contributed by atoms with Gasteiger partial charge in [-0.2, -0.15) is 13.2 Å². The van der Waals surface area contributed by atoms with Gasteiger partial charge in [-0.05, 0) is 35.9 Å². The van der Waals surface area contributed by atoms with Crippen molar-refractivity contribution >= 4 is 23.2 Å². The molecule has 1 amide bonds. The molecule has 3 rings (SSSR count). The first-order chi connectivity index (χ1) is 13.3. The molecular weight excluding hydrogens is 393 g/mol. The van der Waals surface area contributed by atoms with Crippen LogP contribution in [0.3, 0.4) is 0 Å². The zero-order valence-corrected chi connectivity index (χ0v) is 15.1. The van der Waals surface area contributed by atoms with Gasteiger partial charge in [0.1, 0.15) is 5.56 Å². The fourth-order valence-corrected chi connectivity index (χ4v) is 2.87. The molecule has 0 fully saturated rings. The fraction of sp³-hybridized carbons (Fsp3) is 0.100. The molecule has 0 bridgehead atoms. The molecule has 28 heavy (non-hydrogen) atoms. The molecule has 0 radical (unpaired) electrons. The summed E-state index contributed by atoms with van der Waals surface area (Å²) in [6.07, 6.45) is -3.16. The van der Waals surface area contributed by atoms with Crippen molar-refractivity contribution in [1.29, 1.82) is 0 Å². The minimum atomic E-state index is -4.63. The summed E-state index contributed by atoms with van der Waals surface area (Å²) in [6, 6.07) is 14.2. The minimum Gasteiger partial charge on any atom is -0.321 e. The summed E-state index contributed by atoms with van der Waals surface area (Å²) in [7, 11) is 0. The number of nitrogens with zero attached hydrogens (tertiary/aromatic N) is 1. The highest BCUT2D eigenvalue weighted by molar-refractivity contribution is 6.31. The first-order valence-electron chi connectivity index (χ1n) is 8.18. The third-order valence-electron chi connectivity index (χ3n) is 4.04. The number of hydrogen-bond acceptors (Lipinski definition) is 2. The van der Waals surface area contributed by atoms with Gasteiger partial charge in [0.15, 0.2) is 0 Å². The number of hydrogen-bond donors (Lipinski definition) is 1. The molecule has 0 atom stereocenters. The zero-order chi connectivity index (χ0) is 20.3. The van der Waals surface area contributed by atoms with E-state index in [1.807, 2.05) is 0 Å². The fourth-order valence-electron chi connectivity index (χ4n) is 2.67. The summed E-state index contributed by atoms with van der Waals surface area (Å²) < 4.78 is 40.6. The van der Waals surface area contributed by atoms with Crippen LogP contribution < -0.4 is 10.9 Å². The summed E-state index contributed by atoms with van der Waals surface area (Å²) in [5.41, 5.74) is -1.64. The summed E-state index contributed by atoms with van der Waals surface area (Å²) >= 11 is 6.10. The third-order valence-corrected chi connectivity index (χ3v) is 4.41. The molecule has 0 unspecified atom stereocenters. The van der Waals surface area contributed by atoms with Crippen molar-refractivity contribution in [3.63, 3.8) is 0 Å². The van der Waals surface area contributed by atoms with Gasteiger partial charge >= 0.3 is 6.18 Å². The van der Waals surface area contributed by atoms with Crippen molar-refractivity contribution in [3.05, 3.63) is 98.9 Å². The van der Waals surface area contributed by atoms with Gasteiger partial charge in [-0.3, -0.25) is 9.59 Å². The van der Waals surface area contributed by atoms with E-state index >= 15 is 0 Å². The van der Waals surface area contributed by atoms with E-state index in [-0.39, 0.29) is 12.1 Å². The highest BCUT2D eigenvalue weighted by Gasteiger charge is 2.33. The smallest absolute Gasteiger partial charge is 0.321 e. The number of pyridine rings is 1. The predicted molar refractivity (Wildman–Crippen MR) is 101 cm³/mol. The number of amides is 1. The molecule has 4 nitrogen and oxygen atoms in total. The number of aromatic nitrogens is 1. The second kappa shape index (κ2) is 7.90. The number of carbonyl (C=O) groups is 1. The largest absolute Gasteiger partial charge is 0.418 e. The predicted octanol–water partition coefficient (Wildman–Crippen LogP) is 4.82. The highest BCUT2D eigenvalue weighted by atomic mass is 35.5. The molecule has 0 aliphatic carbocycles. The standard InChI is InChI=1S/C20H14ClF3N2O2/c21-16-9-3-1-6-13(16)12-26-11-5-7-14(19(26)28)18(27)25-17-10-4-2-8-15(17)20(22,23)24/h1-11H,12H2,(H,25,27). The van der Waals surface area contributed by atoms with Gasteiger partial charge in [0, 0.05) is 11.2 Å². The van der Waals surface area contributed by atoms with E-state index in [1.54, 1.807) is 24.3 Å². The number of halogens is 4. The van der Waals surface area contributed by atoms with Crippen LogP contribution >= 0.6 is 11.6 Å². The van der Waals surface area contributed by atoms with E-state index in [9.17, 15) is 22.8 Å². The molecule has 8 heteroatoms. The first kappa shape index (κ1) is 19.7. The maximum Gasteiger partial charge on any atom is 0.418 e. The Kier molecular flexibility index (Phi) is 5.56. The molecule has 0 spiro atoms. The summed E-state index contributed by atoms with van der Waals surface area (Å²) in [5.74, 6) is -0.921. The van der Waals surface area contributed by atoms with Crippen molar-refractivity contribution in [1.82, 2.24) is 4.57 Å². The first-order valence-corrected chi connectivity index (χ1v) is 8.55. The van der Waals surface area contributed by atoms with E-state index in [4.69, 9.17) is 11.6 Å². The lowest BCUT2D eigenvalue weighted by Gasteiger charge is -2.14. The number of nitrogens with one attached hydrogen (secondary N) is 1. The van der Waals surface area contributed by atoms with Crippen LogP contribution in [-0.4, -0.2) is 10.5 Å². The van der Waals surface area contributed by atoms with E-state index in [1.165, 1.54) is 35.0 Å². The van der Waals surface area contributed by atoms with E-state index in [0.29, 0.717) is 10.6 Å². The number of rotatable bonds is 4. The lowest BCUT2D eigenvalue weighted by atomic mass is 10.1. The van der Waals surface area contributed by atoms with Gasteiger partial charge in [0.05, 0.1) is 17.8 Å². The second-order valence-corrected chi connectivity index (χ2v) is 6.35. The number of anilines is 1. The summed E-state index contributed by atoms with van der Waals surface area (Å²) in [5, 5.41) is 2.64. The Balaban J connectivity index is 1.90. The van der Waals surface area contributed by atoms with Crippen LogP contribution in [0.5, 0.6) is 0 Å². The van der Waals surface area contributed by atoms with Crippen LogP contribution in [-0.2, 0) is 12.7 Å². The van der Waals surface area contributed by atoms with Crippen molar-refractivity contribution < 1.29 is 18.0 Å². The minimum absolute atomic E-state index is 0.124. The molecular formula is C20H14ClF3N2O2. The van der Waals surface area contributed by atoms with Crippen molar-refractivity contribution in [2.75, 3.05) is 5.32 Å². The lowest BCUT2D eigenvalue weighted by molar-refractivity contribution is -0.136.